The van der Waals surface area contributed by atoms with Crippen LogP contribution in [0.1, 0.15) is 30.9 Å². The van der Waals surface area contributed by atoms with Crippen molar-refractivity contribution < 1.29 is 4.79 Å². The van der Waals surface area contributed by atoms with Crippen LogP contribution in [0.25, 0.3) is 0 Å². The molecule has 0 aromatic heterocycles. The van der Waals surface area contributed by atoms with Crippen LogP contribution in [0.2, 0.25) is 0 Å². The van der Waals surface area contributed by atoms with Crippen molar-refractivity contribution in [2.75, 3.05) is 0 Å². The second-order valence-corrected chi connectivity index (χ2v) is 5.22. The monoisotopic (exact) mass is 212 g/mol. The molecule has 2 aliphatic rings. The van der Waals surface area contributed by atoms with Gasteiger partial charge in [-0.2, -0.15) is 0 Å². The predicted molar refractivity (Wildman–Crippen MR) is 64.4 cm³/mol. The Kier molecular flexibility index (Phi) is 2.03. The maximum Gasteiger partial charge on any atom is 0.156 e. The van der Waals surface area contributed by atoms with Crippen molar-refractivity contribution in [2.24, 2.45) is 5.92 Å². The first-order valence-electron chi connectivity index (χ1n) is 5.99. The van der Waals surface area contributed by atoms with Crippen LogP contribution in [-0.2, 0) is 16.6 Å². The first-order valence-corrected chi connectivity index (χ1v) is 5.99. The lowest BCUT2D eigenvalue weighted by Gasteiger charge is -2.43. The molecule has 0 radical (unpaired) electrons. The standard InChI is InChI=1S/C15H16O/c1-15-10-13(16)9-8-12(15)7-6-11-4-2-3-5-14(11)15/h2-5,8-9,12H,6-7,10H2,1H3/t12-,15-/m0/s1. The van der Waals surface area contributed by atoms with Gasteiger partial charge < -0.3 is 0 Å². The van der Waals surface area contributed by atoms with Crippen LogP contribution < -0.4 is 0 Å². The van der Waals surface area contributed by atoms with E-state index in [1.807, 2.05) is 0 Å². The minimum atomic E-state index is 0.0423. The molecule has 1 aromatic rings. The molecule has 16 heavy (non-hydrogen) atoms. The van der Waals surface area contributed by atoms with Crippen molar-refractivity contribution in [1.29, 1.82) is 0 Å². The number of fused-ring (bicyclic) bond motifs is 3. The maximum absolute atomic E-state index is 11.6. The molecule has 82 valence electrons. The van der Waals surface area contributed by atoms with Crippen LogP contribution in [0, 0.1) is 5.92 Å². The topological polar surface area (TPSA) is 17.1 Å². The Morgan fingerprint density at radius 3 is 3.00 bits per heavy atom. The van der Waals surface area contributed by atoms with Crippen molar-refractivity contribution in [1.82, 2.24) is 0 Å². The molecule has 0 saturated heterocycles. The second kappa shape index (κ2) is 3.31. The lowest BCUT2D eigenvalue weighted by Crippen LogP contribution is -2.39. The molecule has 1 aromatic carbocycles. The fraction of sp³-hybridized carbons (Fsp3) is 0.400. The minimum absolute atomic E-state index is 0.0423. The average Bonchev–Trinajstić information content (AvgIpc) is 2.28. The molecular weight excluding hydrogens is 196 g/mol. The Morgan fingerprint density at radius 1 is 1.31 bits per heavy atom. The summed E-state index contributed by atoms with van der Waals surface area (Å²) in [6.45, 7) is 2.25. The molecule has 2 atom stereocenters. The van der Waals surface area contributed by atoms with E-state index in [4.69, 9.17) is 0 Å². The van der Waals surface area contributed by atoms with Crippen LogP contribution in [0.4, 0.5) is 0 Å². The van der Waals surface area contributed by atoms with Crippen molar-refractivity contribution in [2.45, 2.75) is 31.6 Å². The van der Waals surface area contributed by atoms with Gasteiger partial charge in [0.25, 0.3) is 0 Å². The van der Waals surface area contributed by atoms with Crippen LogP contribution in [0.15, 0.2) is 36.4 Å². The summed E-state index contributed by atoms with van der Waals surface area (Å²) in [6.07, 6.45) is 6.90. The normalized spacial score (nSPS) is 32.1. The van der Waals surface area contributed by atoms with E-state index in [2.05, 4.69) is 37.3 Å². The van der Waals surface area contributed by atoms with Crippen molar-refractivity contribution in [3.63, 3.8) is 0 Å². The Labute approximate surface area is 96.2 Å². The van der Waals surface area contributed by atoms with Gasteiger partial charge in [0.1, 0.15) is 0 Å². The van der Waals surface area contributed by atoms with E-state index >= 15 is 0 Å². The Bertz CT molecular complexity index is 472. The minimum Gasteiger partial charge on any atom is -0.295 e. The summed E-state index contributed by atoms with van der Waals surface area (Å²) in [5.74, 6) is 0.815. The number of carbonyl (C=O) groups excluding carboxylic acids is 1. The number of benzene rings is 1. The third kappa shape index (κ3) is 1.27. The lowest BCUT2D eigenvalue weighted by molar-refractivity contribution is -0.116. The largest absolute Gasteiger partial charge is 0.295 e. The summed E-state index contributed by atoms with van der Waals surface area (Å²) < 4.78 is 0. The van der Waals surface area contributed by atoms with Gasteiger partial charge in [-0.05, 0) is 36.0 Å². The van der Waals surface area contributed by atoms with E-state index in [-0.39, 0.29) is 11.2 Å². The highest BCUT2D eigenvalue weighted by atomic mass is 16.1. The average molecular weight is 212 g/mol. The van der Waals surface area contributed by atoms with E-state index in [0.717, 1.165) is 6.42 Å². The van der Waals surface area contributed by atoms with Gasteiger partial charge in [-0.3, -0.25) is 4.79 Å². The molecule has 0 saturated carbocycles. The Morgan fingerprint density at radius 2 is 2.12 bits per heavy atom. The number of carbonyl (C=O) groups is 1. The van der Waals surface area contributed by atoms with Crippen LogP contribution >= 0.6 is 0 Å². The highest BCUT2D eigenvalue weighted by Crippen LogP contribution is 2.46. The summed E-state index contributed by atoms with van der Waals surface area (Å²) in [7, 11) is 0. The molecule has 0 amide bonds. The van der Waals surface area contributed by atoms with Gasteiger partial charge in [-0.1, -0.05) is 37.3 Å². The molecule has 0 heterocycles. The quantitative estimate of drug-likeness (QED) is 0.646. The molecule has 1 nitrogen and oxygen atoms in total. The predicted octanol–water partition coefficient (Wildman–Crippen LogP) is 3.04. The molecule has 0 fully saturated rings. The lowest BCUT2D eigenvalue weighted by atomic mass is 9.60. The number of aryl methyl sites for hydroxylation is 1. The third-order valence-electron chi connectivity index (χ3n) is 4.23. The van der Waals surface area contributed by atoms with E-state index in [1.54, 1.807) is 6.08 Å². The Hall–Kier alpha value is -1.37. The third-order valence-corrected chi connectivity index (χ3v) is 4.23. The number of ketones is 1. The van der Waals surface area contributed by atoms with Crippen molar-refractivity contribution in [3.05, 3.63) is 47.5 Å². The summed E-state index contributed by atoms with van der Waals surface area (Å²) in [5, 5.41) is 0. The van der Waals surface area contributed by atoms with Crippen molar-refractivity contribution >= 4 is 5.78 Å². The van der Waals surface area contributed by atoms with Crippen molar-refractivity contribution in [3.8, 4) is 0 Å². The van der Waals surface area contributed by atoms with Gasteiger partial charge in [0.2, 0.25) is 0 Å². The molecular formula is C15H16O. The molecule has 0 aliphatic heterocycles. The Balaban J connectivity index is 2.16. The molecule has 1 heteroatoms. The molecule has 0 N–H and O–H groups in total. The van der Waals surface area contributed by atoms with Crippen LogP contribution in [0.3, 0.4) is 0 Å². The fourth-order valence-corrected chi connectivity index (χ4v) is 3.30. The van der Waals surface area contributed by atoms with E-state index < -0.39 is 0 Å². The van der Waals surface area contributed by atoms with Gasteiger partial charge in [-0.15, -0.1) is 0 Å². The number of hydrogen-bond acceptors (Lipinski definition) is 1. The van der Waals surface area contributed by atoms with Gasteiger partial charge in [-0.25, -0.2) is 0 Å². The number of allylic oxidation sites excluding steroid dienone is 2. The molecule has 0 bridgehead atoms. The van der Waals surface area contributed by atoms with E-state index in [0.29, 0.717) is 12.3 Å². The summed E-state index contributed by atoms with van der Waals surface area (Å²) in [6, 6.07) is 8.60. The zero-order valence-corrected chi connectivity index (χ0v) is 9.57. The molecule has 2 aliphatic carbocycles. The maximum atomic E-state index is 11.6. The zero-order valence-electron chi connectivity index (χ0n) is 9.57. The van der Waals surface area contributed by atoms with Gasteiger partial charge in [0.15, 0.2) is 5.78 Å². The van der Waals surface area contributed by atoms with Crippen LogP contribution in [0.5, 0.6) is 0 Å². The van der Waals surface area contributed by atoms with E-state index in [9.17, 15) is 4.79 Å². The van der Waals surface area contributed by atoms with Gasteiger partial charge >= 0.3 is 0 Å². The van der Waals surface area contributed by atoms with Crippen LogP contribution in [-0.4, -0.2) is 5.78 Å². The molecule has 0 spiro atoms. The number of hydrogen-bond donors (Lipinski definition) is 0. The summed E-state index contributed by atoms with van der Waals surface area (Å²) in [4.78, 5) is 11.6. The van der Waals surface area contributed by atoms with Gasteiger partial charge in [0.05, 0.1) is 0 Å². The summed E-state index contributed by atoms with van der Waals surface area (Å²) >= 11 is 0. The SMILES string of the molecule is C[C@]12CC(=O)C=C[C@@H]1CCc1ccccc12. The second-order valence-electron chi connectivity index (χ2n) is 5.22. The first-order chi connectivity index (χ1) is 7.70. The number of rotatable bonds is 0. The highest BCUT2D eigenvalue weighted by molar-refractivity contribution is 5.92. The smallest absolute Gasteiger partial charge is 0.156 e. The molecule has 3 rings (SSSR count). The molecule has 0 unspecified atom stereocenters. The fourth-order valence-electron chi connectivity index (χ4n) is 3.30. The first kappa shape index (κ1) is 9.83. The van der Waals surface area contributed by atoms with Gasteiger partial charge in [0, 0.05) is 11.8 Å². The summed E-state index contributed by atoms with van der Waals surface area (Å²) in [5.41, 5.74) is 2.87. The zero-order chi connectivity index (χ0) is 11.2. The highest BCUT2D eigenvalue weighted by Gasteiger charge is 2.41. The van der Waals surface area contributed by atoms with E-state index in [1.165, 1.54) is 17.5 Å².